The molecule has 0 amide bonds. The van der Waals surface area contributed by atoms with Gasteiger partial charge >= 0.3 is 0 Å². The molecule has 0 bridgehead atoms. The Kier molecular flexibility index (Phi) is 5.63. The van der Waals surface area contributed by atoms with Crippen LogP contribution in [0.2, 0.25) is 0 Å². The molecule has 1 N–H and O–H groups in total. The fourth-order valence-electron chi connectivity index (χ4n) is 1.99. The van der Waals surface area contributed by atoms with E-state index in [1.54, 1.807) is 0 Å². The second-order valence-corrected chi connectivity index (χ2v) is 5.39. The highest BCUT2D eigenvalue weighted by Crippen LogP contribution is 2.19. The summed E-state index contributed by atoms with van der Waals surface area (Å²) in [6, 6.07) is 1.54. The smallest absolute Gasteiger partial charge is 0.0182 e. The van der Waals surface area contributed by atoms with E-state index < -0.39 is 0 Å². The van der Waals surface area contributed by atoms with Crippen LogP contribution in [0.4, 0.5) is 0 Å². The molecule has 0 aromatic heterocycles. The van der Waals surface area contributed by atoms with E-state index in [0.717, 1.165) is 18.0 Å². The van der Waals surface area contributed by atoms with E-state index in [-0.39, 0.29) is 0 Å². The molecule has 1 unspecified atom stereocenters. The van der Waals surface area contributed by atoms with Crippen LogP contribution in [0.25, 0.3) is 0 Å². The molecule has 1 fully saturated rings. The van der Waals surface area contributed by atoms with Gasteiger partial charge in [0.15, 0.2) is 0 Å². The van der Waals surface area contributed by atoms with Crippen molar-refractivity contribution in [2.45, 2.75) is 58.0 Å². The monoisotopic (exact) mass is 295 g/mol. The van der Waals surface area contributed by atoms with Crippen molar-refractivity contribution < 1.29 is 0 Å². The van der Waals surface area contributed by atoms with Crippen molar-refractivity contribution in [1.82, 2.24) is 5.32 Å². The minimum Gasteiger partial charge on any atom is -0.310 e. The molecule has 2 heteroatoms. The molecule has 0 aliphatic heterocycles. The summed E-state index contributed by atoms with van der Waals surface area (Å²) in [7, 11) is 0. The Morgan fingerprint density at radius 1 is 1.23 bits per heavy atom. The number of hydrogen-bond donors (Lipinski definition) is 1. The lowest BCUT2D eigenvalue weighted by atomic mass is 9.94. The molecule has 1 saturated carbocycles. The molecule has 0 saturated heterocycles. The van der Waals surface area contributed by atoms with Crippen molar-refractivity contribution in [2.75, 3.05) is 4.43 Å². The van der Waals surface area contributed by atoms with Gasteiger partial charge in [0, 0.05) is 16.5 Å². The third-order valence-electron chi connectivity index (χ3n) is 3.03. The number of hydrogen-bond acceptors (Lipinski definition) is 1. The number of halogens is 1. The molecule has 78 valence electrons. The molecule has 0 aromatic carbocycles. The Morgan fingerprint density at radius 3 is 2.31 bits per heavy atom. The third-order valence-corrected chi connectivity index (χ3v) is 3.97. The van der Waals surface area contributed by atoms with Gasteiger partial charge in [-0.3, -0.25) is 0 Å². The van der Waals surface area contributed by atoms with Gasteiger partial charge in [-0.15, -0.1) is 0 Å². The maximum Gasteiger partial charge on any atom is 0.0182 e. The largest absolute Gasteiger partial charge is 0.310 e. The highest BCUT2D eigenvalue weighted by Gasteiger charge is 2.18. The average molecular weight is 295 g/mol. The van der Waals surface area contributed by atoms with Crippen molar-refractivity contribution in [3.63, 3.8) is 0 Å². The first-order valence-corrected chi connectivity index (χ1v) is 7.08. The quantitative estimate of drug-likeness (QED) is 0.619. The predicted molar refractivity (Wildman–Crippen MR) is 67.5 cm³/mol. The number of nitrogens with one attached hydrogen (secondary N) is 1. The Morgan fingerprint density at radius 2 is 1.85 bits per heavy atom. The maximum absolute atomic E-state index is 3.80. The molecular formula is C11H22IN. The third kappa shape index (κ3) is 4.15. The van der Waals surface area contributed by atoms with Crippen LogP contribution in [0.3, 0.4) is 0 Å². The van der Waals surface area contributed by atoms with Gasteiger partial charge in [-0.1, -0.05) is 55.7 Å². The Hall–Kier alpha value is 0.690. The molecule has 0 radical (unpaired) electrons. The van der Waals surface area contributed by atoms with Gasteiger partial charge in [-0.2, -0.15) is 0 Å². The van der Waals surface area contributed by atoms with E-state index in [1.165, 1.54) is 36.5 Å². The van der Waals surface area contributed by atoms with E-state index in [9.17, 15) is 0 Å². The van der Waals surface area contributed by atoms with Crippen molar-refractivity contribution >= 4 is 22.6 Å². The topological polar surface area (TPSA) is 12.0 Å². The Bertz CT molecular complexity index is 130. The Labute approximate surface area is 96.2 Å². The minimum absolute atomic E-state index is 0.726. The second kappa shape index (κ2) is 6.23. The van der Waals surface area contributed by atoms with Crippen LogP contribution in [0.1, 0.15) is 46.0 Å². The summed E-state index contributed by atoms with van der Waals surface area (Å²) in [5.41, 5.74) is 0. The predicted octanol–water partition coefficient (Wildman–Crippen LogP) is 3.37. The van der Waals surface area contributed by atoms with Crippen LogP contribution < -0.4 is 5.32 Å². The number of alkyl halides is 1. The standard InChI is InChI=1S/C11H22IN/c1-9(2)11(8-12)13-10-6-4-3-5-7-10/h9-11,13H,3-8H2,1-2H3. The highest BCUT2D eigenvalue weighted by molar-refractivity contribution is 14.1. The number of rotatable bonds is 4. The average Bonchev–Trinajstić information content (AvgIpc) is 2.15. The molecule has 1 aliphatic rings. The van der Waals surface area contributed by atoms with Gasteiger partial charge in [-0.25, -0.2) is 0 Å². The molecule has 0 aromatic rings. The minimum atomic E-state index is 0.726. The molecular weight excluding hydrogens is 273 g/mol. The summed E-state index contributed by atoms with van der Waals surface area (Å²) in [4.78, 5) is 0. The fraction of sp³-hybridized carbons (Fsp3) is 1.00. The van der Waals surface area contributed by atoms with Crippen LogP contribution >= 0.6 is 22.6 Å². The van der Waals surface area contributed by atoms with Crippen LogP contribution in [-0.2, 0) is 0 Å². The summed E-state index contributed by atoms with van der Waals surface area (Å²) in [6.07, 6.45) is 7.13. The van der Waals surface area contributed by atoms with Crippen molar-refractivity contribution in [3.8, 4) is 0 Å². The molecule has 0 heterocycles. The van der Waals surface area contributed by atoms with Gasteiger partial charge < -0.3 is 5.32 Å². The van der Waals surface area contributed by atoms with Gasteiger partial charge in [0.05, 0.1) is 0 Å². The molecule has 1 atom stereocenters. The Balaban J connectivity index is 2.27. The SMILES string of the molecule is CC(C)C(CI)NC1CCCCC1. The first-order chi connectivity index (χ1) is 6.24. The molecule has 1 nitrogen and oxygen atoms in total. The summed E-state index contributed by atoms with van der Waals surface area (Å²) in [5, 5.41) is 3.80. The van der Waals surface area contributed by atoms with Gasteiger partial charge in [0.1, 0.15) is 0 Å². The highest BCUT2D eigenvalue weighted by atomic mass is 127. The zero-order chi connectivity index (χ0) is 9.68. The van der Waals surface area contributed by atoms with Crippen molar-refractivity contribution in [2.24, 2.45) is 5.92 Å². The zero-order valence-electron chi connectivity index (χ0n) is 8.85. The van der Waals surface area contributed by atoms with E-state index in [4.69, 9.17) is 0 Å². The van der Waals surface area contributed by atoms with E-state index in [0.29, 0.717) is 0 Å². The summed E-state index contributed by atoms with van der Waals surface area (Å²) >= 11 is 2.50. The van der Waals surface area contributed by atoms with Crippen LogP contribution in [0.5, 0.6) is 0 Å². The second-order valence-electron chi connectivity index (χ2n) is 4.51. The van der Waals surface area contributed by atoms with Crippen molar-refractivity contribution in [1.29, 1.82) is 0 Å². The fourth-order valence-corrected chi connectivity index (χ4v) is 3.26. The summed E-state index contributed by atoms with van der Waals surface area (Å²) in [5.74, 6) is 0.777. The molecule has 0 spiro atoms. The summed E-state index contributed by atoms with van der Waals surface area (Å²) in [6.45, 7) is 4.64. The van der Waals surface area contributed by atoms with Crippen LogP contribution in [-0.4, -0.2) is 16.5 Å². The molecule has 1 rings (SSSR count). The van der Waals surface area contributed by atoms with Gasteiger partial charge in [-0.05, 0) is 18.8 Å². The lowest BCUT2D eigenvalue weighted by molar-refractivity contribution is 0.314. The summed E-state index contributed by atoms with van der Waals surface area (Å²) < 4.78 is 1.24. The normalized spacial score (nSPS) is 22.2. The van der Waals surface area contributed by atoms with E-state index in [2.05, 4.69) is 41.8 Å². The molecule has 13 heavy (non-hydrogen) atoms. The first kappa shape index (κ1) is 11.8. The maximum atomic E-state index is 3.80. The van der Waals surface area contributed by atoms with Gasteiger partial charge in [0.25, 0.3) is 0 Å². The van der Waals surface area contributed by atoms with E-state index in [1.807, 2.05) is 0 Å². The van der Waals surface area contributed by atoms with Crippen LogP contribution in [0.15, 0.2) is 0 Å². The lowest BCUT2D eigenvalue weighted by Crippen LogP contribution is -2.43. The zero-order valence-corrected chi connectivity index (χ0v) is 11.0. The molecule has 1 aliphatic carbocycles. The van der Waals surface area contributed by atoms with Gasteiger partial charge in [0.2, 0.25) is 0 Å². The van der Waals surface area contributed by atoms with Crippen molar-refractivity contribution in [3.05, 3.63) is 0 Å². The lowest BCUT2D eigenvalue weighted by Gasteiger charge is -2.29. The van der Waals surface area contributed by atoms with E-state index >= 15 is 0 Å². The first-order valence-electron chi connectivity index (χ1n) is 5.56. The van der Waals surface area contributed by atoms with Crippen LogP contribution in [0, 0.1) is 5.92 Å².